The number of methoxy groups -OCH3 is 1. The summed E-state index contributed by atoms with van der Waals surface area (Å²) in [4.78, 5) is 4.55. The van der Waals surface area contributed by atoms with Gasteiger partial charge in [-0.1, -0.05) is 18.9 Å². The Balaban J connectivity index is 2.21. The van der Waals surface area contributed by atoms with Crippen molar-refractivity contribution in [2.45, 2.75) is 31.7 Å². The molecule has 0 spiro atoms. The van der Waals surface area contributed by atoms with Crippen LogP contribution in [-0.4, -0.2) is 16.7 Å². The lowest BCUT2D eigenvalue weighted by molar-refractivity contribution is 0.419. The summed E-state index contributed by atoms with van der Waals surface area (Å²) >= 11 is 0. The van der Waals surface area contributed by atoms with Gasteiger partial charge in [0, 0.05) is 6.04 Å². The zero-order valence-corrected chi connectivity index (χ0v) is 10.5. The molecule has 96 valence electrons. The minimum absolute atomic E-state index is 0.494. The molecule has 1 aromatic heterocycles. The first-order valence-corrected chi connectivity index (χ1v) is 6.36. The lowest BCUT2D eigenvalue weighted by atomic mass is 10.2. The summed E-state index contributed by atoms with van der Waals surface area (Å²) in [7, 11) is 1.67. The van der Waals surface area contributed by atoms with Crippen molar-refractivity contribution in [2.24, 2.45) is 5.84 Å². The number of nitrogen functional groups attached to an aromatic ring is 1. The number of para-hydroxylation sites is 1. The number of nitrogens with zero attached hydrogens (tertiary/aromatic N) is 2. The molecule has 3 N–H and O–H groups in total. The third-order valence-corrected chi connectivity index (χ3v) is 3.72. The molecule has 1 aliphatic carbocycles. The lowest BCUT2D eigenvalue weighted by Crippen LogP contribution is -2.15. The first-order chi connectivity index (χ1) is 8.85. The summed E-state index contributed by atoms with van der Waals surface area (Å²) in [5.74, 6) is 7.12. The molecule has 0 amide bonds. The highest BCUT2D eigenvalue weighted by atomic mass is 16.5. The van der Waals surface area contributed by atoms with E-state index >= 15 is 0 Å². The summed E-state index contributed by atoms with van der Waals surface area (Å²) in [6, 6.07) is 6.49. The smallest absolute Gasteiger partial charge is 0.218 e. The van der Waals surface area contributed by atoms with Crippen LogP contribution in [0.1, 0.15) is 31.7 Å². The van der Waals surface area contributed by atoms with Gasteiger partial charge in [0.1, 0.15) is 11.3 Å². The minimum atomic E-state index is 0.494. The van der Waals surface area contributed by atoms with Gasteiger partial charge in [0.2, 0.25) is 5.95 Å². The molecule has 1 fully saturated rings. The van der Waals surface area contributed by atoms with Crippen molar-refractivity contribution in [1.82, 2.24) is 9.55 Å². The Labute approximate surface area is 106 Å². The van der Waals surface area contributed by atoms with E-state index in [0.717, 1.165) is 22.7 Å². The van der Waals surface area contributed by atoms with Crippen LogP contribution in [-0.2, 0) is 0 Å². The predicted molar refractivity (Wildman–Crippen MR) is 71.6 cm³/mol. The van der Waals surface area contributed by atoms with Crippen LogP contribution >= 0.6 is 0 Å². The predicted octanol–water partition coefficient (Wildman–Crippen LogP) is 2.45. The molecule has 5 nitrogen and oxygen atoms in total. The maximum atomic E-state index is 5.60. The number of nitrogens with two attached hydrogens (primary N) is 1. The van der Waals surface area contributed by atoms with Gasteiger partial charge in [-0.2, -0.15) is 0 Å². The minimum Gasteiger partial charge on any atom is -0.494 e. The normalized spacial score (nSPS) is 16.3. The summed E-state index contributed by atoms with van der Waals surface area (Å²) in [5, 5.41) is 0. The van der Waals surface area contributed by atoms with Gasteiger partial charge < -0.3 is 9.30 Å². The second-order valence-electron chi connectivity index (χ2n) is 4.72. The molecule has 1 heterocycles. The molecule has 5 heteroatoms. The van der Waals surface area contributed by atoms with E-state index in [0.29, 0.717) is 6.04 Å². The van der Waals surface area contributed by atoms with Crippen molar-refractivity contribution in [2.75, 3.05) is 12.5 Å². The fourth-order valence-electron chi connectivity index (χ4n) is 2.89. The number of anilines is 1. The largest absolute Gasteiger partial charge is 0.494 e. The molecule has 1 saturated carbocycles. The number of hydrogen-bond donors (Lipinski definition) is 2. The highest BCUT2D eigenvalue weighted by Gasteiger charge is 2.23. The van der Waals surface area contributed by atoms with Crippen molar-refractivity contribution < 1.29 is 4.74 Å². The Hall–Kier alpha value is -1.75. The maximum absolute atomic E-state index is 5.60. The fraction of sp³-hybridized carbons (Fsp3) is 0.462. The maximum Gasteiger partial charge on any atom is 0.218 e. The Bertz CT molecular complexity index is 557. The molecule has 2 aromatic rings. The van der Waals surface area contributed by atoms with E-state index in [1.165, 1.54) is 25.7 Å². The molecule has 18 heavy (non-hydrogen) atoms. The Morgan fingerprint density at radius 1 is 1.39 bits per heavy atom. The number of aromatic nitrogens is 2. The second kappa shape index (κ2) is 4.49. The van der Waals surface area contributed by atoms with Gasteiger partial charge in [0.25, 0.3) is 0 Å². The highest BCUT2D eigenvalue weighted by molar-refractivity contribution is 5.84. The molecule has 1 aromatic carbocycles. The zero-order valence-electron chi connectivity index (χ0n) is 10.5. The van der Waals surface area contributed by atoms with E-state index in [1.807, 2.05) is 12.1 Å². The van der Waals surface area contributed by atoms with E-state index in [4.69, 9.17) is 10.6 Å². The Morgan fingerprint density at radius 2 is 2.17 bits per heavy atom. The number of hydrogen-bond acceptors (Lipinski definition) is 4. The number of hydrazine groups is 1. The molecule has 0 aliphatic heterocycles. The number of benzene rings is 1. The average molecular weight is 246 g/mol. The van der Waals surface area contributed by atoms with Gasteiger partial charge >= 0.3 is 0 Å². The summed E-state index contributed by atoms with van der Waals surface area (Å²) in [6.07, 6.45) is 4.94. The quantitative estimate of drug-likeness (QED) is 0.645. The van der Waals surface area contributed by atoms with E-state index in [9.17, 15) is 0 Å². The number of imidazole rings is 1. The van der Waals surface area contributed by atoms with Crippen molar-refractivity contribution in [3.05, 3.63) is 18.2 Å². The SMILES string of the molecule is COc1cccc2c1nc(NN)n2C1CCCC1. The molecule has 0 atom stereocenters. The second-order valence-corrected chi connectivity index (χ2v) is 4.72. The van der Waals surface area contributed by atoms with Crippen LogP contribution in [0.3, 0.4) is 0 Å². The van der Waals surface area contributed by atoms with Gasteiger partial charge in [0.05, 0.1) is 12.6 Å². The molecule has 0 bridgehead atoms. The number of fused-ring (bicyclic) bond motifs is 1. The molecule has 1 aliphatic rings. The summed E-state index contributed by atoms with van der Waals surface area (Å²) in [5.41, 5.74) is 4.68. The van der Waals surface area contributed by atoms with Gasteiger partial charge in [-0.05, 0) is 25.0 Å². The van der Waals surface area contributed by atoms with E-state index < -0.39 is 0 Å². The molecule has 0 unspecified atom stereocenters. The third kappa shape index (κ3) is 1.62. The zero-order chi connectivity index (χ0) is 12.5. The first-order valence-electron chi connectivity index (χ1n) is 6.36. The fourth-order valence-corrected chi connectivity index (χ4v) is 2.89. The molecular formula is C13H18N4O. The van der Waals surface area contributed by atoms with Crippen LogP contribution in [0, 0.1) is 0 Å². The van der Waals surface area contributed by atoms with Crippen molar-refractivity contribution in [3.63, 3.8) is 0 Å². The first kappa shape index (κ1) is 11.3. The number of nitrogens with one attached hydrogen (secondary N) is 1. The van der Waals surface area contributed by atoms with E-state index in [2.05, 4.69) is 21.0 Å². The highest BCUT2D eigenvalue weighted by Crippen LogP contribution is 2.37. The topological polar surface area (TPSA) is 65.1 Å². The van der Waals surface area contributed by atoms with Crippen molar-refractivity contribution >= 4 is 17.0 Å². The molecular weight excluding hydrogens is 228 g/mol. The van der Waals surface area contributed by atoms with E-state index in [-0.39, 0.29) is 0 Å². The van der Waals surface area contributed by atoms with Crippen LogP contribution in [0.5, 0.6) is 5.75 Å². The summed E-state index contributed by atoms with van der Waals surface area (Å²) in [6.45, 7) is 0. The molecule has 0 radical (unpaired) electrons. The lowest BCUT2D eigenvalue weighted by Gasteiger charge is -2.15. The summed E-state index contributed by atoms with van der Waals surface area (Å²) < 4.78 is 7.57. The van der Waals surface area contributed by atoms with Crippen LogP contribution in [0.2, 0.25) is 0 Å². The van der Waals surface area contributed by atoms with Gasteiger partial charge in [0.15, 0.2) is 0 Å². The molecule has 0 saturated heterocycles. The third-order valence-electron chi connectivity index (χ3n) is 3.72. The van der Waals surface area contributed by atoms with Crippen molar-refractivity contribution in [3.8, 4) is 5.75 Å². The standard InChI is InChI=1S/C13H18N4O/c1-18-11-8-4-7-10-12(11)15-13(16-14)17(10)9-5-2-3-6-9/h4,7-9H,2-3,5-6,14H2,1H3,(H,15,16). The van der Waals surface area contributed by atoms with Crippen LogP contribution in [0.25, 0.3) is 11.0 Å². The van der Waals surface area contributed by atoms with Crippen LogP contribution in [0.15, 0.2) is 18.2 Å². The Morgan fingerprint density at radius 3 is 2.83 bits per heavy atom. The van der Waals surface area contributed by atoms with Crippen molar-refractivity contribution in [1.29, 1.82) is 0 Å². The monoisotopic (exact) mass is 246 g/mol. The average Bonchev–Trinajstić information content (AvgIpc) is 3.03. The molecule has 3 rings (SSSR count). The number of ether oxygens (including phenoxy) is 1. The van der Waals surface area contributed by atoms with Gasteiger partial charge in [-0.15, -0.1) is 0 Å². The van der Waals surface area contributed by atoms with E-state index in [1.54, 1.807) is 7.11 Å². The van der Waals surface area contributed by atoms with Crippen LogP contribution in [0.4, 0.5) is 5.95 Å². The Kier molecular flexibility index (Phi) is 2.83. The van der Waals surface area contributed by atoms with Crippen LogP contribution < -0.4 is 16.0 Å². The van der Waals surface area contributed by atoms with Gasteiger partial charge in [-0.25, -0.2) is 10.8 Å². The number of rotatable bonds is 3. The van der Waals surface area contributed by atoms with Gasteiger partial charge in [-0.3, -0.25) is 5.43 Å².